The van der Waals surface area contributed by atoms with Gasteiger partial charge in [0.2, 0.25) is 11.9 Å². The van der Waals surface area contributed by atoms with Gasteiger partial charge >= 0.3 is 0 Å². The third-order valence-corrected chi connectivity index (χ3v) is 6.33. The predicted molar refractivity (Wildman–Crippen MR) is 104 cm³/mol. The number of carbonyl (C=O) groups excluding carboxylic acids is 1. The molecule has 0 bridgehead atoms. The van der Waals surface area contributed by atoms with Crippen LogP contribution in [0.2, 0.25) is 0 Å². The molecule has 2 aliphatic rings. The number of nitrogens with one attached hydrogen (secondary N) is 1. The van der Waals surface area contributed by atoms with E-state index in [9.17, 15) is 4.79 Å². The minimum absolute atomic E-state index is 0.0964. The summed E-state index contributed by atoms with van der Waals surface area (Å²) in [6.07, 6.45) is 6.43. The Hall–Kier alpha value is -1.28. The summed E-state index contributed by atoms with van der Waals surface area (Å²) in [7, 11) is 0. The number of ether oxygens (including phenoxy) is 1. The van der Waals surface area contributed by atoms with E-state index in [4.69, 9.17) is 4.74 Å². The van der Waals surface area contributed by atoms with E-state index in [1.54, 1.807) is 0 Å². The topological polar surface area (TPSA) is 72.3 Å². The highest BCUT2D eigenvalue weighted by Gasteiger charge is 2.23. The highest BCUT2D eigenvalue weighted by Crippen LogP contribution is 2.27. The van der Waals surface area contributed by atoms with Crippen LogP contribution < -0.4 is 10.2 Å². The van der Waals surface area contributed by atoms with Crippen molar-refractivity contribution in [2.24, 2.45) is 5.92 Å². The summed E-state index contributed by atoms with van der Waals surface area (Å²) in [6, 6.07) is 0. The van der Waals surface area contributed by atoms with Gasteiger partial charge in [0.25, 0.3) is 0 Å². The molecule has 0 aromatic carbocycles. The van der Waals surface area contributed by atoms with E-state index in [1.807, 2.05) is 6.92 Å². The molecule has 2 fully saturated rings. The normalized spacial score (nSPS) is 20.2. The zero-order valence-corrected chi connectivity index (χ0v) is 16.8. The molecule has 1 saturated heterocycles. The minimum atomic E-state index is -0.175. The largest absolute Gasteiger partial charge is 0.378 e. The fraction of sp³-hybridized carbons (Fsp3) is 0.833. The number of nitrogens with zero attached hydrogens (tertiary/aromatic N) is 4. The molecule has 1 aliphatic heterocycles. The Morgan fingerprint density at radius 2 is 2.00 bits per heavy atom. The lowest BCUT2D eigenvalue weighted by Crippen LogP contribution is -2.38. The maximum atomic E-state index is 12.5. The highest BCUT2D eigenvalue weighted by atomic mass is 32.2. The molecule has 146 valence electrons. The third-order valence-electron chi connectivity index (χ3n) is 5.25. The van der Waals surface area contributed by atoms with E-state index in [2.05, 4.69) is 31.9 Å². The average molecular weight is 382 g/mol. The highest BCUT2D eigenvalue weighted by molar-refractivity contribution is 8.00. The zero-order valence-electron chi connectivity index (χ0n) is 15.9. The Kier molecular flexibility index (Phi) is 7.19. The molecule has 1 atom stereocenters. The van der Waals surface area contributed by atoms with E-state index >= 15 is 0 Å². The van der Waals surface area contributed by atoms with Crippen molar-refractivity contribution in [1.82, 2.24) is 20.1 Å². The van der Waals surface area contributed by atoms with Crippen LogP contribution in [0.25, 0.3) is 0 Å². The van der Waals surface area contributed by atoms with Crippen LogP contribution in [-0.2, 0) is 16.1 Å². The molecule has 1 amide bonds. The summed E-state index contributed by atoms with van der Waals surface area (Å²) in [6.45, 7) is 8.75. The van der Waals surface area contributed by atoms with E-state index in [0.717, 1.165) is 50.5 Å². The first-order valence-corrected chi connectivity index (χ1v) is 10.8. The van der Waals surface area contributed by atoms with Crippen molar-refractivity contribution < 1.29 is 9.53 Å². The lowest BCUT2D eigenvalue weighted by Gasteiger charge is -2.27. The van der Waals surface area contributed by atoms with Gasteiger partial charge in [-0.2, -0.15) is 0 Å². The molecule has 1 aliphatic carbocycles. The second-order valence-electron chi connectivity index (χ2n) is 7.14. The second kappa shape index (κ2) is 9.60. The van der Waals surface area contributed by atoms with Gasteiger partial charge in [-0.1, -0.05) is 31.0 Å². The van der Waals surface area contributed by atoms with Crippen molar-refractivity contribution >= 4 is 23.6 Å². The van der Waals surface area contributed by atoms with Crippen LogP contribution in [-0.4, -0.2) is 58.8 Å². The molecule has 2 heterocycles. The van der Waals surface area contributed by atoms with Gasteiger partial charge in [0.05, 0.1) is 18.5 Å². The van der Waals surface area contributed by atoms with Crippen molar-refractivity contribution in [3.8, 4) is 0 Å². The van der Waals surface area contributed by atoms with Crippen LogP contribution in [0.3, 0.4) is 0 Å². The molecule has 26 heavy (non-hydrogen) atoms. The number of anilines is 1. The number of hydrogen-bond donors (Lipinski definition) is 1. The van der Waals surface area contributed by atoms with E-state index in [1.165, 1.54) is 43.9 Å². The van der Waals surface area contributed by atoms with Gasteiger partial charge in [-0.3, -0.25) is 9.36 Å². The summed E-state index contributed by atoms with van der Waals surface area (Å²) >= 11 is 1.49. The summed E-state index contributed by atoms with van der Waals surface area (Å²) in [4.78, 5) is 14.7. The number of thioether (sulfide) groups is 1. The molecule has 1 saturated carbocycles. The standard InChI is InChI=1S/C18H31N5O2S/c1-3-23-17(22-9-11-25-12-10-22)20-21-18(23)26-14(2)16(24)19-13-15-7-5-4-6-8-15/h14-15H,3-13H2,1-2H3,(H,19,24). The van der Waals surface area contributed by atoms with Crippen molar-refractivity contribution in [1.29, 1.82) is 0 Å². The van der Waals surface area contributed by atoms with Gasteiger partial charge in [-0.05, 0) is 32.6 Å². The van der Waals surface area contributed by atoms with Gasteiger partial charge in [0, 0.05) is 26.2 Å². The smallest absolute Gasteiger partial charge is 0.233 e. The molecule has 1 unspecified atom stereocenters. The van der Waals surface area contributed by atoms with Crippen molar-refractivity contribution in [3.63, 3.8) is 0 Å². The Labute approximate surface area is 160 Å². The Balaban J connectivity index is 1.55. The van der Waals surface area contributed by atoms with Crippen molar-refractivity contribution in [2.75, 3.05) is 37.7 Å². The van der Waals surface area contributed by atoms with Crippen LogP contribution in [0.15, 0.2) is 5.16 Å². The lowest BCUT2D eigenvalue weighted by molar-refractivity contribution is -0.120. The van der Waals surface area contributed by atoms with Crippen molar-refractivity contribution in [2.45, 2.75) is 62.9 Å². The Bertz CT molecular complexity index is 582. The van der Waals surface area contributed by atoms with Crippen LogP contribution in [0.1, 0.15) is 46.0 Å². The quantitative estimate of drug-likeness (QED) is 0.731. The number of carbonyl (C=O) groups is 1. The first-order chi connectivity index (χ1) is 12.7. The van der Waals surface area contributed by atoms with Gasteiger partial charge in [-0.15, -0.1) is 10.2 Å². The Morgan fingerprint density at radius 1 is 1.27 bits per heavy atom. The number of aromatic nitrogens is 3. The molecule has 0 radical (unpaired) electrons. The van der Waals surface area contributed by atoms with E-state index in [0.29, 0.717) is 5.92 Å². The summed E-state index contributed by atoms with van der Waals surface area (Å²) in [5, 5.41) is 12.5. The maximum absolute atomic E-state index is 12.5. The lowest BCUT2D eigenvalue weighted by atomic mass is 9.89. The average Bonchev–Trinajstić information content (AvgIpc) is 3.10. The number of hydrogen-bond acceptors (Lipinski definition) is 6. The maximum Gasteiger partial charge on any atom is 0.233 e. The molecule has 1 aromatic heterocycles. The molecular weight excluding hydrogens is 350 g/mol. The number of morpholine rings is 1. The molecule has 7 nitrogen and oxygen atoms in total. The van der Waals surface area contributed by atoms with Gasteiger partial charge in [-0.25, -0.2) is 0 Å². The minimum Gasteiger partial charge on any atom is -0.378 e. The van der Waals surface area contributed by atoms with E-state index in [-0.39, 0.29) is 11.2 Å². The van der Waals surface area contributed by atoms with E-state index < -0.39 is 0 Å². The number of amides is 1. The van der Waals surface area contributed by atoms with Gasteiger partial charge in [0.15, 0.2) is 5.16 Å². The number of rotatable bonds is 7. The first kappa shape index (κ1) is 19.5. The van der Waals surface area contributed by atoms with Crippen LogP contribution in [0.4, 0.5) is 5.95 Å². The summed E-state index contributed by atoms with van der Waals surface area (Å²) in [5.41, 5.74) is 0. The fourth-order valence-electron chi connectivity index (χ4n) is 3.63. The predicted octanol–water partition coefficient (Wildman–Crippen LogP) is 2.31. The van der Waals surface area contributed by atoms with Crippen LogP contribution in [0, 0.1) is 5.92 Å². The van der Waals surface area contributed by atoms with Gasteiger partial charge < -0.3 is 15.0 Å². The monoisotopic (exact) mass is 381 g/mol. The molecule has 1 aromatic rings. The summed E-state index contributed by atoms with van der Waals surface area (Å²) < 4.78 is 7.52. The Morgan fingerprint density at radius 3 is 2.69 bits per heavy atom. The van der Waals surface area contributed by atoms with Gasteiger partial charge in [0.1, 0.15) is 0 Å². The van der Waals surface area contributed by atoms with Crippen LogP contribution in [0.5, 0.6) is 0 Å². The first-order valence-electron chi connectivity index (χ1n) is 9.89. The molecule has 3 rings (SSSR count). The molecule has 8 heteroatoms. The molecule has 1 N–H and O–H groups in total. The molecule has 0 spiro atoms. The zero-order chi connectivity index (χ0) is 18.4. The third kappa shape index (κ3) is 4.91. The summed E-state index contributed by atoms with van der Waals surface area (Å²) in [5.74, 6) is 1.63. The van der Waals surface area contributed by atoms with Crippen molar-refractivity contribution in [3.05, 3.63) is 0 Å². The second-order valence-corrected chi connectivity index (χ2v) is 8.44. The fourth-order valence-corrected chi connectivity index (χ4v) is 4.57. The van der Waals surface area contributed by atoms with Crippen LogP contribution >= 0.6 is 11.8 Å². The molecular formula is C18H31N5O2S. The SMILES string of the molecule is CCn1c(SC(C)C(=O)NCC2CCCCC2)nnc1N1CCOCC1.